The van der Waals surface area contributed by atoms with Gasteiger partial charge in [-0.15, -0.1) is 24.8 Å². The van der Waals surface area contributed by atoms with Crippen molar-refractivity contribution in [2.24, 2.45) is 0 Å². The van der Waals surface area contributed by atoms with E-state index in [1.807, 2.05) is 0 Å². The predicted octanol–water partition coefficient (Wildman–Crippen LogP) is 1.15. The third-order valence-corrected chi connectivity index (χ3v) is 4.43. The van der Waals surface area contributed by atoms with Gasteiger partial charge in [0, 0.05) is 39.3 Å². The van der Waals surface area contributed by atoms with Crippen LogP contribution in [0.4, 0.5) is 0 Å². The normalized spacial score (nSPS) is 22.6. The highest BCUT2D eigenvalue weighted by Gasteiger charge is 2.20. The Balaban J connectivity index is 0.00000220. The molecule has 1 aliphatic carbocycles. The summed E-state index contributed by atoms with van der Waals surface area (Å²) in [5.74, 6) is 0. The van der Waals surface area contributed by atoms with Crippen LogP contribution in [-0.2, 0) is 4.74 Å². The number of hydrogen-bond donors (Lipinski definition) is 2. The number of β-amino-alcohol motifs (C(OH)–C–C–N with tert-alkyl or cyclic N) is 2. The van der Waals surface area contributed by atoms with Crippen LogP contribution in [0.1, 0.15) is 32.1 Å². The van der Waals surface area contributed by atoms with Crippen LogP contribution in [0.2, 0.25) is 0 Å². The molecule has 0 aromatic carbocycles. The van der Waals surface area contributed by atoms with Crippen LogP contribution in [0.25, 0.3) is 0 Å². The topological polar surface area (TPSA) is 56.2 Å². The van der Waals surface area contributed by atoms with Gasteiger partial charge in [-0.2, -0.15) is 0 Å². The van der Waals surface area contributed by atoms with Gasteiger partial charge in [0.05, 0.1) is 25.4 Å². The summed E-state index contributed by atoms with van der Waals surface area (Å²) in [5, 5.41) is 19.0. The van der Waals surface area contributed by atoms with Crippen LogP contribution in [0.5, 0.6) is 0 Å². The van der Waals surface area contributed by atoms with Crippen molar-refractivity contribution in [1.82, 2.24) is 9.80 Å². The van der Waals surface area contributed by atoms with E-state index >= 15 is 0 Å². The van der Waals surface area contributed by atoms with Gasteiger partial charge in [-0.25, -0.2) is 0 Å². The van der Waals surface area contributed by atoms with Gasteiger partial charge in [0.25, 0.3) is 0 Å². The van der Waals surface area contributed by atoms with Crippen LogP contribution in [-0.4, -0.2) is 84.7 Å². The highest BCUT2D eigenvalue weighted by molar-refractivity contribution is 5.85. The maximum atomic E-state index is 10.1. The lowest BCUT2D eigenvalue weighted by Gasteiger charge is -2.35. The van der Waals surface area contributed by atoms with E-state index in [-0.39, 0.29) is 37.5 Å². The molecule has 5 nitrogen and oxygen atoms in total. The van der Waals surface area contributed by atoms with Gasteiger partial charge in [0.15, 0.2) is 0 Å². The Labute approximate surface area is 146 Å². The monoisotopic (exact) mass is 358 g/mol. The van der Waals surface area contributed by atoms with E-state index in [1.165, 1.54) is 19.3 Å². The van der Waals surface area contributed by atoms with Crippen molar-refractivity contribution in [2.75, 3.05) is 52.5 Å². The zero-order valence-corrected chi connectivity index (χ0v) is 15.0. The first-order chi connectivity index (χ1) is 9.78. The minimum Gasteiger partial charge on any atom is -0.395 e. The zero-order chi connectivity index (χ0) is 14.2. The number of piperazine rings is 1. The third-order valence-electron chi connectivity index (χ3n) is 4.43. The second kappa shape index (κ2) is 12.8. The lowest BCUT2D eigenvalue weighted by atomic mass is 9.98. The van der Waals surface area contributed by atoms with E-state index < -0.39 is 0 Å². The molecule has 0 aromatic rings. The van der Waals surface area contributed by atoms with Gasteiger partial charge < -0.3 is 14.9 Å². The van der Waals surface area contributed by atoms with E-state index in [9.17, 15) is 5.11 Å². The number of rotatable bonds is 7. The fourth-order valence-electron chi connectivity index (χ4n) is 3.17. The Morgan fingerprint density at radius 1 is 0.955 bits per heavy atom. The van der Waals surface area contributed by atoms with Crippen molar-refractivity contribution in [1.29, 1.82) is 0 Å². The van der Waals surface area contributed by atoms with Gasteiger partial charge >= 0.3 is 0 Å². The summed E-state index contributed by atoms with van der Waals surface area (Å²) in [5.41, 5.74) is 0. The van der Waals surface area contributed by atoms with Crippen LogP contribution in [0.15, 0.2) is 0 Å². The average molecular weight is 359 g/mol. The molecule has 7 heteroatoms. The molecule has 2 aliphatic rings. The van der Waals surface area contributed by atoms with Gasteiger partial charge in [0.2, 0.25) is 0 Å². The van der Waals surface area contributed by atoms with E-state index in [1.54, 1.807) is 0 Å². The molecule has 2 fully saturated rings. The Hall–Kier alpha value is 0.380. The molecule has 1 unspecified atom stereocenters. The van der Waals surface area contributed by atoms with Crippen molar-refractivity contribution in [3.8, 4) is 0 Å². The zero-order valence-electron chi connectivity index (χ0n) is 13.4. The minimum atomic E-state index is -0.374. The molecule has 0 bridgehead atoms. The summed E-state index contributed by atoms with van der Waals surface area (Å²) in [4.78, 5) is 4.56. The summed E-state index contributed by atoms with van der Waals surface area (Å²) in [6.07, 6.45) is 6.20. The first kappa shape index (κ1) is 22.4. The van der Waals surface area contributed by atoms with E-state index in [0.717, 1.165) is 45.6 Å². The average Bonchev–Trinajstić information content (AvgIpc) is 2.49. The van der Waals surface area contributed by atoms with Gasteiger partial charge in [-0.05, 0) is 12.8 Å². The molecule has 0 aromatic heterocycles. The van der Waals surface area contributed by atoms with Gasteiger partial charge in [-0.3, -0.25) is 9.80 Å². The number of aliphatic hydroxyl groups is 2. The first-order valence-electron chi connectivity index (χ1n) is 8.13. The van der Waals surface area contributed by atoms with Crippen LogP contribution in [0.3, 0.4) is 0 Å². The summed E-state index contributed by atoms with van der Waals surface area (Å²) in [7, 11) is 0. The van der Waals surface area contributed by atoms with Crippen molar-refractivity contribution in [3.05, 3.63) is 0 Å². The molecular formula is C15H32Cl2N2O3. The Kier molecular flexibility index (Phi) is 13.0. The fourth-order valence-corrected chi connectivity index (χ4v) is 3.17. The van der Waals surface area contributed by atoms with Crippen LogP contribution < -0.4 is 0 Å². The maximum absolute atomic E-state index is 10.1. The first-order valence-corrected chi connectivity index (χ1v) is 8.13. The Morgan fingerprint density at radius 2 is 1.55 bits per heavy atom. The lowest BCUT2D eigenvalue weighted by Crippen LogP contribution is -2.49. The van der Waals surface area contributed by atoms with E-state index in [2.05, 4.69) is 9.80 Å². The highest BCUT2D eigenvalue weighted by Crippen LogP contribution is 2.20. The molecule has 2 rings (SSSR count). The van der Waals surface area contributed by atoms with Crippen molar-refractivity contribution in [3.63, 3.8) is 0 Å². The summed E-state index contributed by atoms with van der Waals surface area (Å²) in [6, 6.07) is 0. The molecule has 1 saturated heterocycles. The molecule has 22 heavy (non-hydrogen) atoms. The number of ether oxygens (including phenoxy) is 1. The van der Waals surface area contributed by atoms with Crippen molar-refractivity contribution in [2.45, 2.75) is 44.3 Å². The molecule has 0 spiro atoms. The Morgan fingerprint density at radius 3 is 2.14 bits per heavy atom. The number of aliphatic hydroxyl groups excluding tert-OH is 2. The molecule has 2 N–H and O–H groups in total. The smallest absolute Gasteiger partial charge is 0.0900 e. The summed E-state index contributed by atoms with van der Waals surface area (Å²) < 4.78 is 5.83. The minimum absolute atomic E-state index is 0. The molecule has 0 amide bonds. The van der Waals surface area contributed by atoms with Gasteiger partial charge in [0.1, 0.15) is 0 Å². The molecule has 1 heterocycles. The predicted molar refractivity (Wildman–Crippen MR) is 93.3 cm³/mol. The second-order valence-corrected chi connectivity index (χ2v) is 6.11. The maximum Gasteiger partial charge on any atom is 0.0900 e. The van der Waals surface area contributed by atoms with Crippen molar-refractivity contribution >= 4 is 24.8 Å². The van der Waals surface area contributed by atoms with Crippen LogP contribution in [0, 0.1) is 0 Å². The standard InChI is InChI=1S/C15H30N2O3.2ClH/c18-11-10-16-6-8-17(9-7-16)12-14(19)13-20-15-4-2-1-3-5-15;;/h14-15,18-19H,1-13H2;2*1H. The lowest BCUT2D eigenvalue weighted by molar-refractivity contribution is -0.0372. The summed E-state index contributed by atoms with van der Waals surface area (Å²) in [6.45, 7) is 6.09. The van der Waals surface area contributed by atoms with E-state index in [4.69, 9.17) is 9.84 Å². The largest absolute Gasteiger partial charge is 0.395 e. The molecule has 134 valence electrons. The molecule has 1 atom stereocenters. The highest BCUT2D eigenvalue weighted by atomic mass is 35.5. The number of halogens is 2. The van der Waals surface area contributed by atoms with Crippen molar-refractivity contribution < 1.29 is 14.9 Å². The SMILES string of the molecule is Cl.Cl.OCCN1CCN(CC(O)COC2CCCCC2)CC1. The van der Waals surface area contributed by atoms with Gasteiger partial charge in [-0.1, -0.05) is 19.3 Å². The second-order valence-electron chi connectivity index (χ2n) is 6.11. The number of nitrogens with zero attached hydrogens (tertiary/aromatic N) is 2. The van der Waals surface area contributed by atoms with E-state index in [0.29, 0.717) is 19.3 Å². The fraction of sp³-hybridized carbons (Fsp3) is 1.00. The Bertz CT molecular complexity index is 261. The van der Waals surface area contributed by atoms with Crippen LogP contribution >= 0.6 is 24.8 Å². The molecule has 1 saturated carbocycles. The number of hydrogen-bond acceptors (Lipinski definition) is 5. The molecule has 0 radical (unpaired) electrons. The molecule has 1 aliphatic heterocycles. The third kappa shape index (κ3) is 8.29. The quantitative estimate of drug-likeness (QED) is 0.714. The summed E-state index contributed by atoms with van der Waals surface area (Å²) >= 11 is 0. The molecular weight excluding hydrogens is 327 g/mol.